The van der Waals surface area contributed by atoms with Gasteiger partial charge in [0.25, 0.3) is 0 Å². The molecule has 0 radical (unpaired) electrons. The molecule has 0 bridgehead atoms. The first-order valence-corrected chi connectivity index (χ1v) is 12.5. The molecule has 0 N–H and O–H groups in total. The molecule has 0 saturated heterocycles. The summed E-state index contributed by atoms with van der Waals surface area (Å²) in [6.07, 6.45) is 1.05. The van der Waals surface area contributed by atoms with Crippen molar-refractivity contribution in [1.82, 2.24) is 19.7 Å². The second-order valence-electron chi connectivity index (χ2n) is 7.15. The standard InChI is InChI=1S/C22H24N4S3/c1-4-10-26-20(17-11-19(15(2)3)27-12-17)24-25-22(26)29-14-18-13-28-21(23-18)16-8-6-5-7-9-16/h5-9,11-13,15H,4,10,14H2,1-3H3. The predicted octanol–water partition coefficient (Wildman–Crippen LogP) is 6.96. The molecular weight excluding hydrogens is 416 g/mol. The fourth-order valence-electron chi connectivity index (χ4n) is 3.03. The molecule has 4 nitrogen and oxygen atoms in total. The number of nitrogens with zero attached hydrogens (tertiary/aromatic N) is 4. The molecule has 3 heterocycles. The molecule has 0 atom stereocenters. The molecule has 4 rings (SSSR count). The van der Waals surface area contributed by atoms with Gasteiger partial charge < -0.3 is 4.57 Å². The third-order valence-corrected chi connectivity index (χ3v) is 7.71. The van der Waals surface area contributed by atoms with Crippen molar-refractivity contribution in [2.75, 3.05) is 0 Å². The molecule has 0 unspecified atom stereocenters. The Morgan fingerprint density at radius 1 is 1.03 bits per heavy atom. The summed E-state index contributed by atoms with van der Waals surface area (Å²) in [4.78, 5) is 6.19. The number of thiazole rings is 1. The van der Waals surface area contributed by atoms with Gasteiger partial charge in [0, 0.05) is 39.1 Å². The quantitative estimate of drug-likeness (QED) is 0.278. The van der Waals surface area contributed by atoms with Crippen molar-refractivity contribution in [2.24, 2.45) is 0 Å². The maximum Gasteiger partial charge on any atom is 0.191 e. The zero-order chi connectivity index (χ0) is 20.2. The fraction of sp³-hybridized carbons (Fsp3) is 0.318. The minimum Gasteiger partial charge on any atom is -0.302 e. The summed E-state index contributed by atoms with van der Waals surface area (Å²) in [6.45, 7) is 7.57. The number of aromatic nitrogens is 4. The normalized spacial score (nSPS) is 11.4. The largest absolute Gasteiger partial charge is 0.302 e. The van der Waals surface area contributed by atoms with E-state index in [2.05, 4.69) is 76.6 Å². The molecule has 7 heteroatoms. The van der Waals surface area contributed by atoms with Gasteiger partial charge in [-0.05, 0) is 18.4 Å². The first kappa shape index (κ1) is 20.3. The van der Waals surface area contributed by atoms with Crippen LogP contribution in [0.5, 0.6) is 0 Å². The van der Waals surface area contributed by atoms with Crippen LogP contribution in [0.1, 0.15) is 43.7 Å². The average molecular weight is 441 g/mol. The van der Waals surface area contributed by atoms with E-state index in [0.29, 0.717) is 5.92 Å². The monoisotopic (exact) mass is 440 g/mol. The van der Waals surface area contributed by atoms with Crippen molar-refractivity contribution >= 4 is 34.4 Å². The van der Waals surface area contributed by atoms with Gasteiger partial charge >= 0.3 is 0 Å². The Hall–Kier alpha value is -1.96. The smallest absolute Gasteiger partial charge is 0.191 e. The summed E-state index contributed by atoms with van der Waals surface area (Å²) in [6, 6.07) is 12.6. The molecule has 3 aromatic heterocycles. The number of thioether (sulfide) groups is 1. The van der Waals surface area contributed by atoms with Crippen LogP contribution in [0.4, 0.5) is 0 Å². The number of hydrogen-bond acceptors (Lipinski definition) is 6. The topological polar surface area (TPSA) is 43.6 Å². The van der Waals surface area contributed by atoms with Gasteiger partial charge in [-0.1, -0.05) is 62.9 Å². The van der Waals surface area contributed by atoms with E-state index in [1.807, 2.05) is 6.07 Å². The Labute approximate surface area is 184 Å². The second-order valence-corrected chi connectivity index (χ2v) is 9.89. The van der Waals surface area contributed by atoms with Crippen molar-refractivity contribution < 1.29 is 0 Å². The van der Waals surface area contributed by atoms with Gasteiger partial charge in [-0.25, -0.2) is 4.98 Å². The number of rotatable bonds is 8. The zero-order valence-electron chi connectivity index (χ0n) is 16.8. The molecule has 0 fully saturated rings. The van der Waals surface area contributed by atoms with Gasteiger partial charge in [0.1, 0.15) is 5.01 Å². The average Bonchev–Trinajstić information content (AvgIpc) is 3.47. The van der Waals surface area contributed by atoms with Crippen LogP contribution in [0.15, 0.2) is 52.3 Å². The first-order chi connectivity index (χ1) is 14.2. The van der Waals surface area contributed by atoms with Crippen LogP contribution in [0, 0.1) is 0 Å². The molecular formula is C22H24N4S3. The van der Waals surface area contributed by atoms with Gasteiger partial charge in [0.2, 0.25) is 0 Å². The molecule has 0 aliphatic heterocycles. The molecule has 0 aliphatic carbocycles. The molecule has 0 saturated carbocycles. The van der Waals surface area contributed by atoms with E-state index < -0.39 is 0 Å². The third kappa shape index (κ3) is 4.63. The van der Waals surface area contributed by atoms with Crippen molar-refractivity contribution in [2.45, 2.75) is 50.6 Å². The van der Waals surface area contributed by atoms with Crippen LogP contribution in [-0.2, 0) is 12.3 Å². The molecule has 0 aliphatic rings. The van der Waals surface area contributed by atoms with Gasteiger partial charge in [-0.2, -0.15) is 0 Å². The zero-order valence-corrected chi connectivity index (χ0v) is 19.3. The maximum atomic E-state index is 4.80. The van der Waals surface area contributed by atoms with E-state index in [-0.39, 0.29) is 0 Å². The minimum atomic E-state index is 0.536. The lowest BCUT2D eigenvalue weighted by Gasteiger charge is -2.07. The van der Waals surface area contributed by atoms with Crippen LogP contribution in [-0.4, -0.2) is 19.7 Å². The number of benzene rings is 1. The highest BCUT2D eigenvalue weighted by molar-refractivity contribution is 7.98. The van der Waals surface area contributed by atoms with Gasteiger partial charge in [-0.3, -0.25) is 0 Å². The Kier molecular flexibility index (Phi) is 6.47. The van der Waals surface area contributed by atoms with Crippen molar-refractivity contribution in [3.05, 3.63) is 57.7 Å². The summed E-state index contributed by atoms with van der Waals surface area (Å²) in [5, 5.41) is 15.4. The minimum absolute atomic E-state index is 0.536. The Bertz CT molecular complexity index is 1060. The Morgan fingerprint density at radius 3 is 2.59 bits per heavy atom. The van der Waals surface area contributed by atoms with Crippen molar-refractivity contribution in [3.63, 3.8) is 0 Å². The summed E-state index contributed by atoms with van der Waals surface area (Å²) < 4.78 is 2.25. The Balaban J connectivity index is 1.52. The highest BCUT2D eigenvalue weighted by Gasteiger charge is 2.16. The molecule has 4 aromatic rings. The lowest BCUT2D eigenvalue weighted by molar-refractivity contribution is 0.626. The van der Waals surface area contributed by atoms with Gasteiger partial charge in [-0.15, -0.1) is 32.9 Å². The van der Waals surface area contributed by atoms with Gasteiger partial charge in [0.15, 0.2) is 11.0 Å². The lowest BCUT2D eigenvalue weighted by atomic mass is 10.1. The molecule has 29 heavy (non-hydrogen) atoms. The SMILES string of the molecule is CCCn1c(SCc2csc(-c3ccccc3)n2)nnc1-c1csc(C(C)C)c1. The van der Waals surface area contributed by atoms with Crippen molar-refractivity contribution in [3.8, 4) is 22.0 Å². The number of thiophene rings is 1. The molecule has 0 amide bonds. The Morgan fingerprint density at radius 2 is 1.86 bits per heavy atom. The molecule has 1 aromatic carbocycles. The second kappa shape index (κ2) is 9.24. The van der Waals surface area contributed by atoms with E-state index in [9.17, 15) is 0 Å². The highest BCUT2D eigenvalue weighted by Crippen LogP contribution is 2.32. The van der Waals surface area contributed by atoms with E-state index in [1.54, 1.807) is 34.4 Å². The highest BCUT2D eigenvalue weighted by atomic mass is 32.2. The van der Waals surface area contributed by atoms with Crippen LogP contribution in [0.2, 0.25) is 0 Å². The van der Waals surface area contributed by atoms with Crippen LogP contribution in [0.25, 0.3) is 22.0 Å². The van der Waals surface area contributed by atoms with E-state index >= 15 is 0 Å². The van der Waals surface area contributed by atoms with E-state index in [0.717, 1.165) is 40.4 Å². The van der Waals surface area contributed by atoms with Crippen LogP contribution >= 0.6 is 34.4 Å². The van der Waals surface area contributed by atoms with Crippen molar-refractivity contribution in [1.29, 1.82) is 0 Å². The summed E-state index contributed by atoms with van der Waals surface area (Å²) >= 11 is 5.21. The lowest BCUT2D eigenvalue weighted by Crippen LogP contribution is -2.01. The first-order valence-electron chi connectivity index (χ1n) is 9.80. The van der Waals surface area contributed by atoms with Gasteiger partial charge in [0.05, 0.1) is 5.69 Å². The fourth-order valence-corrected chi connectivity index (χ4v) is 5.72. The number of hydrogen-bond donors (Lipinski definition) is 0. The van der Waals surface area contributed by atoms with Crippen LogP contribution in [0.3, 0.4) is 0 Å². The summed E-state index contributed by atoms with van der Waals surface area (Å²) in [5.74, 6) is 2.31. The summed E-state index contributed by atoms with van der Waals surface area (Å²) in [5.41, 5.74) is 3.43. The molecule has 0 spiro atoms. The van der Waals surface area contributed by atoms with E-state index in [1.165, 1.54) is 16.0 Å². The molecule has 150 valence electrons. The third-order valence-electron chi connectivity index (χ3n) is 4.53. The summed E-state index contributed by atoms with van der Waals surface area (Å²) in [7, 11) is 0. The predicted molar refractivity (Wildman–Crippen MR) is 125 cm³/mol. The van der Waals surface area contributed by atoms with E-state index in [4.69, 9.17) is 4.98 Å². The van der Waals surface area contributed by atoms with Crippen LogP contribution < -0.4 is 0 Å². The maximum absolute atomic E-state index is 4.80.